The van der Waals surface area contributed by atoms with E-state index in [2.05, 4.69) is 10.3 Å². The molecule has 0 aliphatic heterocycles. The smallest absolute Gasteiger partial charge is 0.365 e. The molecule has 0 unspecified atom stereocenters. The number of primary amides is 1. The predicted molar refractivity (Wildman–Crippen MR) is 110 cm³/mol. The quantitative estimate of drug-likeness (QED) is 0.553. The van der Waals surface area contributed by atoms with E-state index < -0.39 is 23.6 Å². The van der Waals surface area contributed by atoms with Crippen molar-refractivity contribution in [2.45, 2.75) is 18.5 Å². The molecule has 1 aromatic carbocycles. The van der Waals surface area contributed by atoms with Crippen LogP contribution in [0.5, 0.6) is 0 Å². The zero-order valence-electron chi connectivity index (χ0n) is 15.5. The van der Waals surface area contributed by atoms with Crippen LogP contribution in [0.3, 0.4) is 0 Å². The Bertz CT molecular complexity index is 1080. The molecule has 0 bridgehead atoms. The first-order valence-electron chi connectivity index (χ1n) is 8.58. The fourth-order valence-electron chi connectivity index (χ4n) is 3.35. The lowest BCUT2D eigenvalue weighted by atomic mass is 9.87. The van der Waals surface area contributed by atoms with E-state index in [1.807, 2.05) is 0 Å². The van der Waals surface area contributed by atoms with Gasteiger partial charge in [0.1, 0.15) is 10.0 Å². The zero-order valence-corrected chi connectivity index (χ0v) is 17.8. The minimum absolute atomic E-state index is 0.0286. The second kappa shape index (κ2) is 8.54. The summed E-state index contributed by atoms with van der Waals surface area (Å²) in [6.07, 6.45) is -4.62. The van der Waals surface area contributed by atoms with Crippen LogP contribution < -0.4 is 11.5 Å². The third kappa shape index (κ3) is 4.18. The molecule has 0 radical (unpaired) electrons. The maximum absolute atomic E-state index is 13.5. The number of alkyl halides is 3. The van der Waals surface area contributed by atoms with Gasteiger partial charge in [-0.25, -0.2) is 4.68 Å². The van der Waals surface area contributed by atoms with Gasteiger partial charge in [0.2, 0.25) is 0 Å². The van der Waals surface area contributed by atoms with Crippen LogP contribution in [-0.2, 0) is 19.6 Å². The Balaban J connectivity index is 2.20. The lowest BCUT2D eigenvalue weighted by Crippen LogP contribution is -2.21. The highest BCUT2D eigenvalue weighted by atomic mass is 35.5. The summed E-state index contributed by atoms with van der Waals surface area (Å²) in [5, 5.41) is 7.63. The van der Waals surface area contributed by atoms with E-state index in [0.29, 0.717) is 16.8 Å². The molecule has 0 fully saturated rings. The number of carbonyl (C=O) groups is 1. The topological polar surface area (TPSA) is 99.8 Å². The monoisotopic (exact) mass is 477 g/mol. The van der Waals surface area contributed by atoms with Crippen LogP contribution >= 0.6 is 34.5 Å². The number of benzene rings is 1. The largest absolute Gasteiger partial charge is 0.416 e. The number of carbonyl (C=O) groups excluding carboxylic acids is 1. The number of halogens is 5. The maximum Gasteiger partial charge on any atom is 0.416 e. The molecule has 0 saturated heterocycles. The van der Waals surface area contributed by atoms with E-state index in [1.54, 1.807) is 7.05 Å². The minimum Gasteiger partial charge on any atom is -0.365 e. The van der Waals surface area contributed by atoms with Crippen LogP contribution in [-0.4, -0.2) is 27.4 Å². The second-order valence-electron chi connectivity index (χ2n) is 6.50. The SMILES string of the molecule is Cn1nnc(Cl)c1-c1c(Cl)sc(C(N)=O)c1[C@@H](CN)Cc1ccccc1C(F)(F)F. The van der Waals surface area contributed by atoms with E-state index >= 15 is 0 Å². The number of aromatic nitrogens is 3. The van der Waals surface area contributed by atoms with Crippen LogP contribution in [0, 0.1) is 0 Å². The molecule has 2 aromatic heterocycles. The van der Waals surface area contributed by atoms with Gasteiger partial charge in [0.15, 0.2) is 5.15 Å². The molecule has 2 heterocycles. The number of thiophene rings is 1. The summed E-state index contributed by atoms with van der Waals surface area (Å²) in [4.78, 5) is 12.2. The number of rotatable bonds is 6. The van der Waals surface area contributed by atoms with Crippen molar-refractivity contribution in [1.29, 1.82) is 0 Å². The minimum atomic E-state index is -4.54. The Morgan fingerprint density at radius 3 is 2.50 bits per heavy atom. The van der Waals surface area contributed by atoms with Gasteiger partial charge < -0.3 is 11.5 Å². The molecule has 4 N–H and O–H groups in total. The summed E-state index contributed by atoms with van der Waals surface area (Å²) < 4.78 is 41.9. The first-order valence-corrected chi connectivity index (χ1v) is 10.2. The van der Waals surface area contributed by atoms with E-state index in [1.165, 1.54) is 22.9 Å². The Morgan fingerprint density at radius 1 is 1.30 bits per heavy atom. The van der Waals surface area contributed by atoms with Crippen molar-refractivity contribution >= 4 is 40.4 Å². The van der Waals surface area contributed by atoms with Crippen molar-refractivity contribution in [2.24, 2.45) is 18.5 Å². The second-order valence-corrected chi connectivity index (χ2v) is 8.48. The van der Waals surface area contributed by atoms with Crippen molar-refractivity contribution in [3.63, 3.8) is 0 Å². The highest BCUT2D eigenvalue weighted by Crippen LogP contribution is 2.46. The van der Waals surface area contributed by atoms with Gasteiger partial charge in [0.25, 0.3) is 5.91 Å². The molecule has 3 rings (SSSR count). The molecule has 12 heteroatoms. The average molecular weight is 478 g/mol. The summed E-state index contributed by atoms with van der Waals surface area (Å²) in [6.45, 7) is -0.0601. The van der Waals surface area contributed by atoms with Gasteiger partial charge in [-0.15, -0.1) is 16.4 Å². The third-order valence-electron chi connectivity index (χ3n) is 4.63. The predicted octanol–water partition coefficient (Wildman–Crippen LogP) is 4.25. The Kier molecular flexibility index (Phi) is 6.42. The fourth-order valence-corrected chi connectivity index (χ4v) is 4.99. The molecule has 160 valence electrons. The highest BCUT2D eigenvalue weighted by molar-refractivity contribution is 7.18. The van der Waals surface area contributed by atoms with Gasteiger partial charge in [-0.05, 0) is 30.2 Å². The third-order valence-corrected chi connectivity index (χ3v) is 6.31. The fraction of sp³-hybridized carbons (Fsp3) is 0.278. The van der Waals surface area contributed by atoms with Crippen molar-refractivity contribution in [2.75, 3.05) is 6.54 Å². The van der Waals surface area contributed by atoms with Crippen LogP contribution in [0.4, 0.5) is 13.2 Å². The summed E-state index contributed by atoms with van der Waals surface area (Å²) in [5.41, 5.74) is 11.7. The molecule has 0 aliphatic rings. The van der Waals surface area contributed by atoms with Crippen LogP contribution in [0.2, 0.25) is 9.49 Å². The van der Waals surface area contributed by atoms with Crippen LogP contribution in [0.25, 0.3) is 11.3 Å². The molecule has 1 amide bonds. The molecule has 30 heavy (non-hydrogen) atoms. The summed E-state index contributed by atoms with van der Waals surface area (Å²) in [7, 11) is 1.58. The lowest BCUT2D eigenvalue weighted by Gasteiger charge is -2.20. The molecular formula is C18H16Cl2F3N5OS. The number of aryl methyl sites for hydroxylation is 1. The first kappa shape index (κ1) is 22.5. The van der Waals surface area contributed by atoms with Gasteiger partial charge in [-0.3, -0.25) is 4.79 Å². The molecule has 3 aromatic rings. The highest BCUT2D eigenvalue weighted by Gasteiger charge is 2.35. The Hall–Kier alpha value is -2.14. The molecule has 0 aliphatic carbocycles. The van der Waals surface area contributed by atoms with Crippen molar-refractivity contribution < 1.29 is 18.0 Å². The Labute approximate surface area is 183 Å². The number of nitrogens with two attached hydrogens (primary N) is 2. The van der Waals surface area contributed by atoms with Crippen molar-refractivity contribution in [3.05, 3.63) is 55.3 Å². The Morgan fingerprint density at radius 2 is 1.97 bits per heavy atom. The van der Waals surface area contributed by atoms with E-state index in [9.17, 15) is 18.0 Å². The summed E-state index contributed by atoms with van der Waals surface area (Å²) in [5.74, 6) is -1.46. The number of hydrogen-bond acceptors (Lipinski definition) is 5. The van der Waals surface area contributed by atoms with Gasteiger partial charge in [-0.1, -0.05) is 46.6 Å². The maximum atomic E-state index is 13.5. The van der Waals surface area contributed by atoms with Crippen LogP contribution in [0.1, 0.15) is 32.3 Å². The van der Waals surface area contributed by atoms with Gasteiger partial charge in [-0.2, -0.15) is 13.2 Å². The van der Waals surface area contributed by atoms with Gasteiger partial charge >= 0.3 is 6.18 Å². The molecule has 0 saturated carbocycles. The van der Waals surface area contributed by atoms with Crippen molar-refractivity contribution in [1.82, 2.24) is 15.0 Å². The lowest BCUT2D eigenvalue weighted by molar-refractivity contribution is -0.138. The van der Waals surface area contributed by atoms with Crippen molar-refractivity contribution in [3.8, 4) is 11.3 Å². The molecule has 6 nitrogen and oxygen atoms in total. The van der Waals surface area contributed by atoms with E-state index in [4.69, 9.17) is 34.7 Å². The van der Waals surface area contributed by atoms with E-state index in [0.717, 1.165) is 17.4 Å². The molecule has 0 spiro atoms. The average Bonchev–Trinajstić information content (AvgIpc) is 3.18. The van der Waals surface area contributed by atoms with E-state index in [-0.39, 0.29) is 32.9 Å². The molecular weight excluding hydrogens is 462 g/mol. The normalized spacial score (nSPS) is 12.9. The van der Waals surface area contributed by atoms with Gasteiger partial charge in [0.05, 0.1) is 10.4 Å². The zero-order chi connectivity index (χ0) is 22.2. The summed E-state index contributed by atoms with van der Waals surface area (Å²) >= 11 is 13.5. The summed E-state index contributed by atoms with van der Waals surface area (Å²) in [6, 6.07) is 5.20. The van der Waals surface area contributed by atoms with Gasteiger partial charge in [0, 0.05) is 18.5 Å². The number of hydrogen-bond donors (Lipinski definition) is 2. The number of amides is 1. The molecule has 1 atom stereocenters. The number of nitrogens with zero attached hydrogens (tertiary/aromatic N) is 3. The first-order chi connectivity index (χ1) is 14.1. The standard InChI is InChI=1S/C18H16Cl2F3N5OS/c1-28-13(15(19)26-27-28)12-11(14(17(25)29)30-16(12)20)9(7-24)6-8-4-2-3-5-10(8)18(21,22)23/h2-5,9H,6-7,24H2,1H3,(H2,25,29)/t9-/m1/s1. The van der Waals surface area contributed by atoms with Crippen LogP contribution in [0.15, 0.2) is 24.3 Å².